The molecule has 0 spiro atoms. The Morgan fingerprint density at radius 1 is 1.35 bits per heavy atom. The molecule has 94 valence electrons. The lowest BCUT2D eigenvalue weighted by atomic mass is 10.1. The van der Waals surface area contributed by atoms with Gasteiger partial charge in [0.2, 0.25) is 5.91 Å². The molecule has 4 nitrogen and oxygen atoms in total. The van der Waals surface area contributed by atoms with Gasteiger partial charge in [-0.15, -0.1) is 0 Å². The molecule has 0 heterocycles. The van der Waals surface area contributed by atoms with Gasteiger partial charge in [0.05, 0.1) is 12.2 Å². The van der Waals surface area contributed by atoms with Crippen molar-refractivity contribution < 1.29 is 9.90 Å². The maximum Gasteiger partial charge on any atom is 0.241 e. The van der Waals surface area contributed by atoms with Crippen molar-refractivity contribution in [3.8, 4) is 5.75 Å². The zero-order valence-corrected chi connectivity index (χ0v) is 10.9. The summed E-state index contributed by atoms with van der Waals surface area (Å²) in [7, 11) is 3.72. The fourth-order valence-electron chi connectivity index (χ4n) is 1.73. The van der Waals surface area contributed by atoms with Crippen molar-refractivity contribution in [2.75, 3.05) is 32.1 Å². The normalized spacial score (nSPS) is 10.6. The highest BCUT2D eigenvalue weighted by Gasteiger charge is 2.16. The lowest BCUT2D eigenvalue weighted by molar-refractivity contribution is -0.119. The molecular formula is C13H20N2O2. The first kappa shape index (κ1) is 13.5. The van der Waals surface area contributed by atoms with E-state index in [1.165, 1.54) is 0 Å². The van der Waals surface area contributed by atoms with E-state index in [1.807, 2.05) is 38.9 Å². The molecule has 1 N–H and O–H groups in total. The standard InChI is InChI=1S/C13H20N2O2/c1-5-15(13(17)9-14(3)4)12-8-11(16)7-6-10(12)2/h6-8,16H,5,9H2,1-4H3. The molecule has 0 saturated heterocycles. The molecule has 4 heteroatoms. The maximum atomic E-state index is 12.1. The van der Waals surface area contributed by atoms with E-state index < -0.39 is 0 Å². The Labute approximate surface area is 102 Å². The number of hydrogen-bond acceptors (Lipinski definition) is 3. The molecule has 0 fully saturated rings. The van der Waals surface area contributed by atoms with Crippen molar-refractivity contribution in [1.82, 2.24) is 4.90 Å². The smallest absolute Gasteiger partial charge is 0.241 e. The van der Waals surface area contributed by atoms with Gasteiger partial charge in [-0.05, 0) is 39.6 Å². The Hall–Kier alpha value is -1.55. The number of rotatable bonds is 4. The van der Waals surface area contributed by atoms with E-state index in [0.717, 1.165) is 11.3 Å². The minimum Gasteiger partial charge on any atom is -0.508 e. The van der Waals surface area contributed by atoms with Gasteiger partial charge in [-0.1, -0.05) is 6.07 Å². The van der Waals surface area contributed by atoms with Crippen LogP contribution in [0.15, 0.2) is 18.2 Å². The number of phenols is 1. The van der Waals surface area contributed by atoms with Crippen LogP contribution in [0.1, 0.15) is 12.5 Å². The zero-order chi connectivity index (χ0) is 13.0. The van der Waals surface area contributed by atoms with Gasteiger partial charge in [0.15, 0.2) is 0 Å². The minimum atomic E-state index is 0.0335. The van der Waals surface area contributed by atoms with Crippen LogP contribution in [0.2, 0.25) is 0 Å². The highest BCUT2D eigenvalue weighted by molar-refractivity contribution is 5.95. The summed E-state index contributed by atoms with van der Waals surface area (Å²) >= 11 is 0. The molecule has 0 aliphatic heterocycles. The van der Waals surface area contributed by atoms with Gasteiger partial charge in [0, 0.05) is 12.6 Å². The third kappa shape index (κ3) is 3.46. The second-order valence-corrected chi connectivity index (χ2v) is 4.35. The van der Waals surface area contributed by atoms with E-state index in [2.05, 4.69) is 0 Å². The van der Waals surface area contributed by atoms with Crippen molar-refractivity contribution in [3.05, 3.63) is 23.8 Å². The van der Waals surface area contributed by atoms with Crippen LogP contribution in [0.25, 0.3) is 0 Å². The molecule has 0 aliphatic rings. The number of likely N-dealkylation sites (N-methyl/N-ethyl adjacent to an activating group) is 2. The van der Waals surface area contributed by atoms with Crippen molar-refractivity contribution in [2.45, 2.75) is 13.8 Å². The molecule has 0 radical (unpaired) electrons. The second-order valence-electron chi connectivity index (χ2n) is 4.35. The number of phenolic OH excluding ortho intramolecular Hbond substituents is 1. The van der Waals surface area contributed by atoms with Crippen LogP contribution < -0.4 is 4.90 Å². The average molecular weight is 236 g/mol. The summed E-state index contributed by atoms with van der Waals surface area (Å²) in [6, 6.07) is 5.08. The highest BCUT2D eigenvalue weighted by atomic mass is 16.3. The number of aryl methyl sites for hydroxylation is 1. The molecule has 1 rings (SSSR count). The number of carbonyl (C=O) groups excluding carboxylic acids is 1. The molecule has 0 atom stereocenters. The van der Waals surface area contributed by atoms with Gasteiger partial charge in [-0.2, -0.15) is 0 Å². The first-order chi connectivity index (χ1) is 7.95. The van der Waals surface area contributed by atoms with Gasteiger partial charge in [-0.3, -0.25) is 4.79 Å². The Kier molecular flexibility index (Phi) is 4.52. The SMILES string of the molecule is CCN(C(=O)CN(C)C)c1cc(O)ccc1C. The molecule has 0 bridgehead atoms. The molecule has 1 aromatic carbocycles. The summed E-state index contributed by atoms with van der Waals surface area (Å²) in [4.78, 5) is 15.6. The Morgan fingerprint density at radius 3 is 2.53 bits per heavy atom. The first-order valence-electron chi connectivity index (χ1n) is 5.70. The molecule has 0 aliphatic carbocycles. The van der Waals surface area contributed by atoms with E-state index in [-0.39, 0.29) is 11.7 Å². The van der Waals surface area contributed by atoms with Crippen LogP contribution in [-0.2, 0) is 4.79 Å². The number of hydrogen-bond donors (Lipinski definition) is 1. The van der Waals surface area contributed by atoms with Crippen LogP contribution >= 0.6 is 0 Å². The predicted octanol–water partition coefficient (Wildman–Crippen LogP) is 1.62. The zero-order valence-electron chi connectivity index (χ0n) is 10.9. The molecule has 0 unspecified atom stereocenters. The largest absolute Gasteiger partial charge is 0.508 e. The van der Waals surface area contributed by atoms with E-state index in [1.54, 1.807) is 17.0 Å². The third-order valence-electron chi connectivity index (χ3n) is 2.55. The van der Waals surface area contributed by atoms with E-state index >= 15 is 0 Å². The lowest BCUT2D eigenvalue weighted by Gasteiger charge is -2.24. The summed E-state index contributed by atoms with van der Waals surface area (Å²) < 4.78 is 0. The second kappa shape index (κ2) is 5.68. The van der Waals surface area contributed by atoms with Crippen LogP contribution in [0.4, 0.5) is 5.69 Å². The van der Waals surface area contributed by atoms with E-state index in [9.17, 15) is 9.90 Å². The molecule has 17 heavy (non-hydrogen) atoms. The van der Waals surface area contributed by atoms with Crippen LogP contribution in [0.3, 0.4) is 0 Å². The van der Waals surface area contributed by atoms with Gasteiger partial charge in [-0.25, -0.2) is 0 Å². The van der Waals surface area contributed by atoms with Crippen LogP contribution in [0, 0.1) is 6.92 Å². The third-order valence-corrected chi connectivity index (χ3v) is 2.55. The first-order valence-corrected chi connectivity index (χ1v) is 5.70. The van der Waals surface area contributed by atoms with Crippen molar-refractivity contribution in [2.24, 2.45) is 0 Å². The Bertz CT molecular complexity index is 402. The number of carbonyl (C=O) groups is 1. The van der Waals surface area contributed by atoms with Crippen molar-refractivity contribution in [1.29, 1.82) is 0 Å². The summed E-state index contributed by atoms with van der Waals surface area (Å²) in [5, 5.41) is 9.50. The number of anilines is 1. The number of nitrogens with zero attached hydrogens (tertiary/aromatic N) is 2. The van der Waals surface area contributed by atoms with Gasteiger partial charge < -0.3 is 14.9 Å². The van der Waals surface area contributed by atoms with Crippen molar-refractivity contribution >= 4 is 11.6 Å². The molecular weight excluding hydrogens is 216 g/mol. The quantitative estimate of drug-likeness (QED) is 0.864. The van der Waals surface area contributed by atoms with Gasteiger partial charge in [0.1, 0.15) is 5.75 Å². The highest BCUT2D eigenvalue weighted by Crippen LogP contribution is 2.24. The lowest BCUT2D eigenvalue weighted by Crippen LogP contribution is -2.38. The molecule has 0 saturated carbocycles. The van der Waals surface area contributed by atoms with Gasteiger partial charge in [0.25, 0.3) is 0 Å². The Balaban J connectivity index is 3.00. The number of benzene rings is 1. The molecule has 0 aromatic heterocycles. The average Bonchev–Trinajstić information content (AvgIpc) is 2.23. The predicted molar refractivity (Wildman–Crippen MR) is 69.4 cm³/mol. The fourth-order valence-corrected chi connectivity index (χ4v) is 1.73. The summed E-state index contributed by atoms with van der Waals surface area (Å²) in [6.45, 7) is 4.82. The number of amides is 1. The summed E-state index contributed by atoms with van der Waals surface area (Å²) in [5.74, 6) is 0.216. The van der Waals surface area contributed by atoms with Crippen molar-refractivity contribution in [3.63, 3.8) is 0 Å². The molecule has 1 aromatic rings. The fraction of sp³-hybridized carbons (Fsp3) is 0.462. The summed E-state index contributed by atoms with van der Waals surface area (Å²) in [6.07, 6.45) is 0. The molecule has 1 amide bonds. The van der Waals surface area contributed by atoms with Gasteiger partial charge >= 0.3 is 0 Å². The monoisotopic (exact) mass is 236 g/mol. The summed E-state index contributed by atoms with van der Waals surface area (Å²) in [5.41, 5.74) is 1.76. The van der Waals surface area contributed by atoms with E-state index in [4.69, 9.17) is 0 Å². The van der Waals surface area contributed by atoms with Crippen LogP contribution in [-0.4, -0.2) is 43.1 Å². The maximum absolute atomic E-state index is 12.1. The minimum absolute atomic E-state index is 0.0335. The topological polar surface area (TPSA) is 43.8 Å². The van der Waals surface area contributed by atoms with E-state index in [0.29, 0.717) is 13.1 Å². The Morgan fingerprint density at radius 2 is 2.00 bits per heavy atom. The number of aromatic hydroxyl groups is 1. The van der Waals surface area contributed by atoms with Crippen LogP contribution in [0.5, 0.6) is 5.75 Å².